The highest BCUT2D eigenvalue weighted by Gasteiger charge is 2.32. The Morgan fingerprint density at radius 1 is 1.37 bits per heavy atom. The second-order valence-electron chi connectivity index (χ2n) is 4.80. The fourth-order valence-corrected chi connectivity index (χ4v) is 2.19. The average Bonchev–Trinajstić information content (AvgIpc) is 2.34. The third-order valence-corrected chi connectivity index (χ3v) is 3.21. The van der Waals surface area contributed by atoms with Crippen LogP contribution in [-0.2, 0) is 9.53 Å². The highest BCUT2D eigenvalue weighted by Crippen LogP contribution is 2.19. The number of hydrogen-bond donors (Lipinski definition) is 1. The maximum absolute atomic E-state index is 12.2. The summed E-state index contributed by atoms with van der Waals surface area (Å²) < 4.78 is 41.1. The van der Waals surface area contributed by atoms with Gasteiger partial charge in [0.2, 0.25) is 0 Å². The molecule has 0 saturated carbocycles. The summed E-state index contributed by atoms with van der Waals surface area (Å²) in [4.78, 5) is 12.3. The van der Waals surface area contributed by atoms with Crippen molar-refractivity contribution in [3.05, 3.63) is 0 Å². The second-order valence-corrected chi connectivity index (χ2v) is 4.80. The zero-order chi connectivity index (χ0) is 14.3. The number of carbonyl (C=O) groups excluding carboxylic acids is 1. The molecule has 0 bridgehead atoms. The summed E-state index contributed by atoms with van der Waals surface area (Å²) in [6, 6.07) is 0.252. The normalized spacial score (nSPS) is 18.5. The minimum absolute atomic E-state index is 0.234. The Morgan fingerprint density at radius 2 is 2.00 bits per heavy atom. The standard InChI is InChI=1S/C12H21F3N2O2/c1-19-11(18)3-2-6-16-10-4-7-17(8-5-10)9-12(13,14)15/h10,16H,2-9H2,1H3. The predicted molar refractivity (Wildman–Crippen MR) is 64.8 cm³/mol. The monoisotopic (exact) mass is 282 g/mol. The van der Waals surface area contributed by atoms with Crippen LogP contribution in [0.15, 0.2) is 0 Å². The molecule has 0 aliphatic carbocycles. The molecule has 0 spiro atoms. The number of halogens is 3. The number of ether oxygens (including phenoxy) is 1. The van der Waals surface area contributed by atoms with Crippen LogP contribution >= 0.6 is 0 Å². The minimum atomic E-state index is -4.11. The highest BCUT2D eigenvalue weighted by molar-refractivity contribution is 5.69. The molecule has 1 fully saturated rings. The van der Waals surface area contributed by atoms with Crippen molar-refractivity contribution in [2.45, 2.75) is 37.9 Å². The molecule has 19 heavy (non-hydrogen) atoms. The van der Waals surface area contributed by atoms with E-state index in [9.17, 15) is 18.0 Å². The Morgan fingerprint density at radius 3 is 2.53 bits per heavy atom. The van der Waals surface area contributed by atoms with E-state index in [4.69, 9.17) is 0 Å². The van der Waals surface area contributed by atoms with E-state index in [1.54, 1.807) is 0 Å². The summed E-state index contributed by atoms with van der Waals surface area (Å²) in [6.45, 7) is 0.809. The summed E-state index contributed by atoms with van der Waals surface area (Å²) in [5.74, 6) is -0.234. The van der Waals surface area contributed by atoms with Crippen LogP contribution in [0.4, 0.5) is 13.2 Å². The van der Waals surface area contributed by atoms with E-state index in [1.807, 2.05) is 0 Å². The van der Waals surface area contributed by atoms with Gasteiger partial charge < -0.3 is 10.1 Å². The fraction of sp³-hybridized carbons (Fsp3) is 0.917. The van der Waals surface area contributed by atoms with Gasteiger partial charge in [0.25, 0.3) is 0 Å². The van der Waals surface area contributed by atoms with Gasteiger partial charge >= 0.3 is 12.1 Å². The Kier molecular flexibility index (Phi) is 6.57. The van der Waals surface area contributed by atoms with Gasteiger partial charge in [0.05, 0.1) is 13.7 Å². The van der Waals surface area contributed by atoms with Crippen LogP contribution in [0.1, 0.15) is 25.7 Å². The number of nitrogens with one attached hydrogen (secondary N) is 1. The van der Waals surface area contributed by atoms with E-state index >= 15 is 0 Å². The topological polar surface area (TPSA) is 41.6 Å². The maximum atomic E-state index is 12.2. The molecule has 1 aliphatic heterocycles. The number of esters is 1. The van der Waals surface area contributed by atoms with Gasteiger partial charge in [-0.1, -0.05) is 0 Å². The summed E-state index contributed by atoms with van der Waals surface area (Å²) in [6.07, 6.45) is -1.62. The van der Waals surface area contributed by atoms with Gasteiger partial charge in [-0.2, -0.15) is 13.2 Å². The fourth-order valence-electron chi connectivity index (χ4n) is 2.19. The first kappa shape index (κ1) is 16.2. The molecule has 4 nitrogen and oxygen atoms in total. The lowest BCUT2D eigenvalue weighted by Crippen LogP contribution is -2.45. The zero-order valence-corrected chi connectivity index (χ0v) is 11.1. The number of hydrogen-bond acceptors (Lipinski definition) is 4. The molecule has 1 saturated heterocycles. The number of methoxy groups -OCH3 is 1. The Balaban J connectivity index is 2.08. The first-order valence-electron chi connectivity index (χ1n) is 6.50. The molecule has 0 unspecified atom stereocenters. The SMILES string of the molecule is COC(=O)CCCNC1CCN(CC(F)(F)F)CC1. The second kappa shape index (κ2) is 7.69. The first-order chi connectivity index (χ1) is 8.90. The number of piperidine rings is 1. The summed E-state index contributed by atoms with van der Waals surface area (Å²) >= 11 is 0. The largest absolute Gasteiger partial charge is 0.469 e. The van der Waals surface area contributed by atoms with E-state index in [0.29, 0.717) is 45.3 Å². The van der Waals surface area contributed by atoms with E-state index in [1.165, 1.54) is 12.0 Å². The summed E-state index contributed by atoms with van der Waals surface area (Å²) in [5.41, 5.74) is 0. The average molecular weight is 282 g/mol. The predicted octanol–water partition coefficient (Wildman–Crippen LogP) is 1.56. The van der Waals surface area contributed by atoms with Gasteiger partial charge in [0.15, 0.2) is 0 Å². The van der Waals surface area contributed by atoms with Crippen molar-refractivity contribution in [3.63, 3.8) is 0 Å². The number of carbonyl (C=O) groups is 1. The minimum Gasteiger partial charge on any atom is -0.469 e. The first-order valence-corrected chi connectivity index (χ1v) is 6.50. The van der Waals surface area contributed by atoms with Gasteiger partial charge in [-0.3, -0.25) is 9.69 Å². The molecule has 7 heteroatoms. The van der Waals surface area contributed by atoms with E-state index in [2.05, 4.69) is 10.1 Å². The van der Waals surface area contributed by atoms with Gasteiger partial charge in [-0.05, 0) is 38.9 Å². The van der Waals surface area contributed by atoms with Crippen LogP contribution in [0.2, 0.25) is 0 Å². The number of alkyl halides is 3. The van der Waals surface area contributed by atoms with Crippen molar-refractivity contribution >= 4 is 5.97 Å². The summed E-state index contributed by atoms with van der Waals surface area (Å²) in [7, 11) is 1.35. The number of nitrogens with zero attached hydrogens (tertiary/aromatic N) is 1. The molecule has 1 N–H and O–H groups in total. The smallest absolute Gasteiger partial charge is 0.401 e. The molecular weight excluding hydrogens is 261 g/mol. The lowest BCUT2D eigenvalue weighted by Gasteiger charge is -2.32. The Labute approximate surface area is 111 Å². The Bertz CT molecular complexity index is 277. The van der Waals surface area contributed by atoms with Crippen molar-refractivity contribution in [1.29, 1.82) is 0 Å². The highest BCUT2D eigenvalue weighted by atomic mass is 19.4. The molecule has 0 atom stereocenters. The van der Waals surface area contributed by atoms with E-state index in [0.717, 1.165) is 0 Å². The zero-order valence-electron chi connectivity index (χ0n) is 11.1. The lowest BCUT2D eigenvalue weighted by atomic mass is 10.0. The molecule has 0 aromatic heterocycles. The van der Waals surface area contributed by atoms with Crippen molar-refractivity contribution in [1.82, 2.24) is 10.2 Å². The van der Waals surface area contributed by atoms with Crippen LogP contribution in [0, 0.1) is 0 Å². The van der Waals surface area contributed by atoms with Crippen molar-refractivity contribution < 1.29 is 22.7 Å². The van der Waals surface area contributed by atoms with E-state index < -0.39 is 12.7 Å². The molecular formula is C12H21F3N2O2. The number of likely N-dealkylation sites (tertiary alicyclic amines) is 1. The molecule has 0 radical (unpaired) electrons. The third-order valence-electron chi connectivity index (χ3n) is 3.21. The van der Waals surface area contributed by atoms with Crippen LogP contribution in [0.25, 0.3) is 0 Å². The maximum Gasteiger partial charge on any atom is 0.401 e. The van der Waals surface area contributed by atoms with Crippen LogP contribution < -0.4 is 5.32 Å². The van der Waals surface area contributed by atoms with Crippen LogP contribution in [0.3, 0.4) is 0 Å². The van der Waals surface area contributed by atoms with Crippen molar-refractivity contribution in [2.24, 2.45) is 0 Å². The van der Waals surface area contributed by atoms with Gasteiger partial charge in [0, 0.05) is 12.5 Å². The van der Waals surface area contributed by atoms with Crippen LogP contribution in [0.5, 0.6) is 0 Å². The van der Waals surface area contributed by atoms with Crippen molar-refractivity contribution in [2.75, 3.05) is 33.3 Å². The molecule has 1 heterocycles. The third kappa shape index (κ3) is 7.37. The molecule has 112 valence electrons. The Hall–Kier alpha value is -0.820. The van der Waals surface area contributed by atoms with Crippen molar-refractivity contribution in [3.8, 4) is 0 Å². The molecule has 1 aliphatic rings. The molecule has 0 aromatic rings. The molecule has 0 amide bonds. The summed E-state index contributed by atoms with van der Waals surface area (Å²) in [5, 5.41) is 3.27. The lowest BCUT2D eigenvalue weighted by molar-refractivity contribution is -0.148. The quantitative estimate of drug-likeness (QED) is 0.593. The molecule has 1 rings (SSSR count). The van der Waals surface area contributed by atoms with Gasteiger partial charge in [-0.15, -0.1) is 0 Å². The van der Waals surface area contributed by atoms with Crippen LogP contribution in [-0.4, -0.2) is 56.4 Å². The van der Waals surface area contributed by atoms with Gasteiger partial charge in [0.1, 0.15) is 0 Å². The number of rotatable bonds is 6. The van der Waals surface area contributed by atoms with E-state index in [-0.39, 0.29) is 12.0 Å². The molecule has 0 aromatic carbocycles. The van der Waals surface area contributed by atoms with Gasteiger partial charge in [-0.25, -0.2) is 0 Å².